The second-order valence-corrected chi connectivity index (χ2v) is 2.94. The van der Waals surface area contributed by atoms with Crippen molar-refractivity contribution in [2.24, 2.45) is 5.73 Å². The fraction of sp³-hybridized carbons (Fsp3) is 0.455. The number of benzene rings is 1. The van der Waals surface area contributed by atoms with Gasteiger partial charge in [-0.1, -0.05) is 19.1 Å². The van der Waals surface area contributed by atoms with Crippen molar-refractivity contribution >= 4 is 0 Å². The van der Waals surface area contributed by atoms with E-state index in [0.29, 0.717) is 13.2 Å². The fourth-order valence-electron chi connectivity index (χ4n) is 1.33. The molecule has 0 amide bonds. The van der Waals surface area contributed by atoms with Crippen molar-refractivity contribution in [3.05, 3.63) is 23.8 Å². The van der Waals surface area contributed by atoms with Gasteiger partial charge in [0, 0.05) is 6.54 Å². The highest BCUT2D eigenvalue weighted by atomic mass is 16.5. The summed E-state index contributed by atoms with van der Waals surface area (Å²) in [5.41, 5.74) is 6.54. The molecule has 14 heavy (non-hydrogen) atoms. The highest BCUT2D eigenvalue weighted by molar-refractivity contribution is 5.46. The van der Waals surface area contributed by atoms with Crippen LogP contribution in [0.2, 0.25) is 0 Å². The first-order valence-corrected chi connectivity index (χ1v) is 4.82. The second-order valence-electron chi connectivity index (χ2n) is 2.94. The molecule has 3 heteroatoms. The molecule has 0 spiro atoms. The molecule has 1 aromatic carbocycles. The molecule has 78 valence electrons. The fourth-order valence-corrected chi connectivity index (χ4v) is 1.33. The van der Waals surface area contributed by atoms with Gasteiger partial charge >= 0.3 is 0 Å². The Kier molecular flexibility index (Phi) is 4.26. The maximum Gasteiger partial charge on any atom is 0.164 e. The topological polar surface area (TPSA) is 44.5 Å². The van der Waals surface area contributed by atoms with E-state index in [1.807, 2.05) is 18.2 Å². The molecule has 1 aromatic rings. The molecule has 0 fully saturated rings. The quantitative estimate of drug-likeness (QED) is 0.776. The Morgan fingerprint density at radius 3 is 2.71 bits per heavy atom. The number of ether oxygens (including phenoxy) is 2. The van der Waals surface area contributed by atoms with E-state index in [-0.39, 0.29) is 0 Å². The number of nitrogens with two attached hydrogens (primary N) is 1. The Morgan fingerprint density at radius 2 is 2.14 bits per heavy atom. The first-order valence-electron chi connectivity index (χ1n) is 4.82. The molecule has 0 aromatic heterocycles. The molecule has 0 aliphatic rings. The third kappa shape index (κ3) is 2.39. The normalized spacial score (nSPS) is 9.93. The monoisotopic (exact) mass is 195 g/mol. The van der Waals surface area contributed by atoms with Crippen LogP contribution in [0.5, 0.6) is 11.5 Å². The first-order chi connectivity index (χ1) is 6.83. The lowest BCUT2D eigenvalue weighted by molar-refractivity contribution is 0.299. The van der Waals surface area contributed by atoms with Crippen molar-refractivity contribution < 1.29 is 9.47 Å². The molecule has 0 aliphatic carbocycles. The number of aryl methyl sites for hydroxylation is 1. The van der Waals surface area contributed by atoms with Gasteiger partial charge in [0.1, 0.15) is 6.61 Å². The minimum absolute atomic E-state index is 0.515. The molecule has 3 nitrogen and oxygen atoms in total. The predicted octanol–water partition coefficient (Wildman–Crippen LogP) is 1.60. The lowest BCUT2D eigenvalue weighted by Gasteiger charge is -2.13. The van der Waals surface area contributed by atoms with E-state index in [1.54, 1.807) is 7.11 Å². The van der Waals surface area contributed by atoms with Gasteiger partial charge in [-0.05, 0) is 18.1 Å². The van der Waals surface area contributed by atoms with Gasteiger partial charge in [-0.2, -0.15) is 0 Å². The molecule has 1 rings (SSSR count). The lowest BCUT2D eigenvalue weighted by Crippen LogP contribution is -2.12. The molecular formula is C11H17NO2. The molecule has 0 unspecified atom stereocenters. The Morgan fingerprint density at radius 1 is 1.36 bits per heavy atom. The summed E-state index contributed by atoms with van der Waals surface area (Å²) in [6.45, 7) is 3.12. The summed E-state index contributed by atoms with van der Waals surface area (Å²) in [4.78, 5) is 0. The second kappa shape index (κ2) is 5.50. The number of methoxy groups -OCH3 is 1. The average molecular weight is 195 g/mol. The van der Waals surface area contributed by atoms with Crippen LogP contribution in [0.25, 0.3) is 0 Å². The Labute approximate surface area is 84.8 Å². The molecule has 0 aliphatic heterocycles. The number of rotatable bonds is 5. The lowest BCUT2D eigenvalue weighted by atomic mass is 10.1. The van der Waals surface area contributed by atoms with Crippen LogP contribution in [0, 0.1) is 0 Å². The Hall–Kier alpha value is -1.22. The van der Waals surface area contributed by atoms with Gasteiger partial charge < -0.3 is 15.2 Å². The van der Waals surface area contributed by atoms with E-state index in [2.05, 4.69) is 6.92 Å². The summed E-state index contributed by atoms with van der Waals surface area (Å²) in [6, 6.07) is 5.90. The average Bonchev–Trinajstić information content (AvgIpc) is 2.25. The zero-order chi connectivity index (χ0) is 10.4. The van der Waals surface area contributed by atoms with Crippen LogP contribution in [-0.2, 0) is 6.42 Å². The summed E-state index contributed by atoms with van der Waals surface area (Å²) in [6.07, 6.45) is 0.928. The minimum Gasteiger partial charge on any atom is -0.493 e. The van der Waals surface area contributed by atoms with Gasteiger partial charge in [-0.25, -0.2) is 0 Å². The van der Waals surface area contributed by atoms with Crippen LogP contribution in [-0.4, -0.2) is 20.3 Å². The molecule has 0 bridgehead atoms. The largest absolute Gasteiger partial charge is 0.493 e. The van der Waals surface area contributed by atoms with E-state index in [0.717, 1.165) is 23.5 Å². The smallest absolute Gasteiger partial charge is 0.164 e. The van der Waals surface area contributed by atoms with Crippen molar-refractivity contribution in [1.29, 1.82) is 0 Å². The van der Waals surface area contributed by atoms with Gasteiger partial charge in [0.2, 0.25) is 0 Å². The summed E-state index contributed by atoms with van der Waals surface area (Å²) in [5, 5.41) is 0. The van der Waals surface area contributed by atoms with E-state index < -0.39 is 0 Å². The van der Waals surface area contributed by atoms with Crippen LogP contribution in [0.15, 0.2) is 18.2 Å². The van der Waals surface area contributed by atoms with E-state index in [9.17, 15) is 0 Å². The zero-order valence-electron chi connectivity index (χ0n) is 8.75. The van der Waals surface area contributed by atoms with Gasteiger partial charge in [-0.3, -0.25) is 0 Å². The van der Waals surface area contributed by atoms with Gasteiger partial charge in [0.15, 0.2) is 11.5 Å². The Bertz CT molecular complexity index is 264. The maximum absolute atomic E-state index is 5.55. The molecule has 0 radical (unpaired) electrons. The van der Waals surface area contributed by atoms with Crippen molar-refractivity contribution in [1.82, 2.24) is 0 Å². The van der Waals surface area contributed by atoms with Crippen LogP contribution in [0.3, 0.4) is 0 Å². The number of hydrogen-bond acceptors (Lipinski definition) is 3. The summed E-state index contributed by atoms with van der Waals surface area (Å²) < 4.78 is 10.8. The SMILES string of the molecule is CCc1cccc(OC)c1OCCN. The van der Waals surface area contributed by atoms with Gasteiger partial charge in [-0.15, -0.1) is 0 Å². The molecule has 0 saturated heterocycles. The van der Waals surface area contributed by atoms with Gasteiger partial charge in [0.05, 0.1) is 7.11 Å². The maximum atomic E-state index is 5.55. The van der Waals surface area contributed by atoms with Crippen molar-refractivity contribution in [3.63, 3.8) is 0 Å². The first kappa shape index (κ1) is 10.9. The van der Waals surface area contributed by atoms with Crippen LogP contribution >= 0.6 is 0 Å². The van der Waals surface area contributed by atoms with Crippen LogP contribution < -0.4 is 15.2 Å². The number of para-hydroxylation sites is 1. The van der Waals surface area contributed by atoms with Crippen molar-refractivity contribution in [3.8, 4) is 11.5 Å². The van der Waals surface area contributed by atoms with E-state index >= 15 is 0 Å². The van der Waals surface area contributed by atoms with E-state index in [1.165, 1.54) is 0 Å². The highest BCUT2D eigenvalue weighted by Crippen LogP contribution is 2.31. The third-order valence-corrected chi connectivity index (χ3v) is 2.03. The van der Waals surface area contributed by atoms with E-state index in [4.69, 9.17) is 15.2 Å². The number of hydrogen-bond donors (Lipinski definition) is 1. The molecule has 0 atom stereocenters. The standard InChI is InChI=1S/C11H17NO2/c1-3-9-5-4-6-10(13-2)11(9)14-8-7-12/h4-6H,3,7-8,12H2,1-2H3. The predicted molar refractivity (Wildman–Crippen MR) is 56.9 cm³/mol. The van der Waals surface area contributed by atoms with Crippen LogP contribution in [0.1, 0.15) is 12.5 Å². The Balaban J connectivity index is 2.93. The summed E-state index contributed by atoms with van der Waals surface area (Å²) >= 11 is 0. The molecule has 0 saturated carbocycles. The van der Waals surface area contributed by atoms with Gasteiger partial charge in [0.25, 0.3) is 0 Å². The molecule has 0 heterocycles. The molecule has 2 N–H and O–H groups in total. The molecular weight excluding hydrogens is 178 g/mol. The third-order valence-electron chi connectivity index (χ3n) is 2.03. The zero-order valence-corrected chi connectivity index (χ0v) is 8.75. The van der Waals surface area contributed by atoms with Crippen LogP contribution in [0.4, 0.5) is 0 Å². The highest BCUT2D eigenvalue weighted by Gasteiger charge is 2.08. The van der Waals surface area contributed by atoms with Crippen molar-refractivity contribution in [2.45, 2.75) is 13.3 Å². The van der Waals surface area contributed by atoms with Crippen molar-refractivity contribution in [2.75, 3.05) is 20.3 Å². The summed E-state index contributed by atoms with van der Waals surface area (Å²) in [7, 11) is 1.64. The summed E-state index contributed by atoms with van der Waals surface area (Å²) in [5.74, 6) is 1.60. The minimum atomic E-state index is 0.515.